The zero-order valence-electron chi connectivity index (χ0n) is 13.1. The van der Waals surface area contributed by atoms with Crippen molar-refractivity contribution in [1.82, 2.24) is 9.78 Å². The Morgan fingerprint density at radius 1 is 1.20 bits per heavy atom. The molecule has 0 aliphatic carbocycles. The third-order valence-corrected chi connectivity index (χ3v) is 4.09. The van der Waals surface area contributed by atoms with Crippen LogP contribution in [-0.2, 0) is 0 Å². The van der Waals surface area contributed by atoms with Gasteiger partial charge in [0.05, 0.1) is 16.3 Å². The van der Waals surface area contributed by atoms with Crippen molar-refractivity contribution in [1.29, 1.82) is 5.39 Å². The van der Waals surface area contributed by atoms with E-state index in [1.54, 1.807) is 13.0 Å². The van der Waals surface area contributed by atoms with Gasteiger partial charge in [0.1, 0.15) is 0 Å². The Morgan fingerprint density at radius 3 is 2.56 bits per heavy atom. The monoisotopic (exact) mass is 372 g/mol. The third-order valence-electron chi connectivity index (χ3n) is 3.54. The first-order chi connectivity index (χ1) is 12.0. The van der Waals surface area contributed by atoms with Crippen molar-refractivity contribution in [2.45, 2.75) is 6.92 Å². The fourth-order valence-corrected chi connectivity index (χ4v) is 2.85. The van der Waals surface area contributed by atoms with E-state index in [1.165, 1.54) is 16.8 Å². The van der Waals surface area contributed by atoms with E-state index >= 15 is 0 Å². The van der Waals surface area contributed by atoms with Gasteiger partial charge in [0.15, 0.2) is 10.7 Å². The first-order valence-electron chi connectivity index (χ1n) is 7.28. The second-order valence-electron chi connectivity index (χ2n) is 5.21. The average molecular weight is 373 g/mol. The van der Waals surface area contributed by atoms with Crippen LogP contribution < -0.4 is 5.32 Å². The average Bonchev–Trinajstić information content (AvgIpc) is 2.91. The molecule has 0 unspecified atom stereocenters. The molecule has 0 spiro atoms. The number of carbonyl (C=O) groups excluding carboxylic acids is 1. The van der Waals surface area contributed by atoms with Gasteiger partial charge in [-0.05, 0) is 37.3 Å². The molecule has 8 heteroatoms. The molecule has 0 aliphatic heterocycles. The molecule has 0 aliphatic rings. The first-order valence-corrected chi connectivity index (χ1v) is 8.03. The van der Waals surface area contributed by atoms with E-state index < -0.39 is 5.91 Å². The number of amides is 1. The van der Waals surface area contributed by atoms with Gasteiger partial charge in [-0.25, -0.2) is 4.68 Å². The Labute approximate surface area is 153 Å². The molecule has 0 saturated carbocycles. The first kappa shape index (κ1) is 17.0. The second kappa shape index (κ2) is 6.93. The van der Waals surface area contributed by atoms with Crippen LogP contribution in [0.15, 0.2) is 48.5 Å². The minimum absolute atomic E-state index is 0.169. The number of nitrogens with zero attached hydrogens (tertiary/aromatic N) is 4. The van der Waals surface area contributed by atoms with E-state index in [2.05, 4.69) is 15.4 Å². The van der Waals surface area contributed by atoms with Crippen molar-refractivity contribution < 1.29 is 4.79 Å². The largest absolute Gasteiger partial charge is 0.449 e. The van der Waals surface area contributed by atoms with Crippen LogP contribution in [0.1, 0.15) is 16.1 Å². The molecule has 1 aromatic heterocycles. The lowest BCUT2D eigenvalue weighted by molar-refractivity contribution is 0.102. The molecule has 3 aromatic rings. The van der Waals surface area contributed by atoms with E-state index in [1.807, 2.05) is 30.3 Å². The zero-order valence-corrected chi connectivity index (χ0v) is 14.6. The topological polar surface area (TPSA) is 75.1 Å². The number of para-hydroxylation sites is 1. The number of carbonyl (C=O) groups is 1. The van der Waals surface area contributed by atoms with Crippen LogP contribution >= 0.6 is 23.2 Å². The summed E-state index contributed by atoms with van der Waals surface area (Å²) in [6.45, 7) is 1.68. The van der Waals surface area contributed by atoms with Gasteiger partial charge >= 0.3 is 5.69 Å². The summed E-state index contributed by atoms with van der Waals surface area (Å²) in [5.41, 5.74) is 1.58. The molecule has 0 saturated heterocycles. The summed E-state index contributed by atoms with van der Waals surface area (Å²) < 4.78 is 1.49. The Morgan fingerprint density at radius 2 is 1.92 bits per heavy atom. The van der Waals surface area contributed by atoms with E-state index in [0.29, 0.717) is 16.4 Å². The Bertz CT molecular complexity index is 992. The number of rotatable bonds is 3. The normalized spacial score (nSPS) is 10.3. The quantitative estimate of drug-likeness (QED) is 0.639. The molecule has 0 fully saturated rings. The number of nitrogens with one attached hydrogen (secondary N) is 1. The lowest BCUT2D eigenvalue weighted by Crippen LogP contribution is -2.15. The molecule has 3 rings (SSSR count). The maximum Gasteiger partial charge on any atom is 0.449 e. The summed E-state index contributed by atoms with van der Waals surface area (Å²) in [6, 6.07) is 13.7. The van der Waals surface area contributed by atoms with E-state index in [9.17, 15) is 10.2 Å². The number of aromatic nitrogens is 2. The van der Waals surface area contributed by atoms with Crippen molar-refractivity contribution >= 4 is 40.6 Å². The molecular formula is C17H12Cl2N5O+. The van der Waals surface area contributed by atoms with E-state index in [0.717, 1.165) is 0 Å². The van der Waals surface area contributed by atoms with E-state index in [4.69, 9.17) is 23.2 Å². The van der Waals surface area contributed by atoms with Crippen molar-refractivity contribution in [2.75, 3.05) is 5.32 Å². The second-order valence-corrected chi connectivity index (χ2v) is 6.05. The zero-order chi connectivity index (χ0) is 18.0. The highest BCUT2D eigenvalue weighted by molar-refractivity contribution is 6.37. The van der Waals surface area contributed by atoms with Gasteiger partial charge in [-0.2, -0.15) is 5.10 Å². The Kier molecular flexibility index (Phi) is 4.70. The lowest BCUT2D eigenvalue weighted by Gasteiger charge is -2.08. The van der Waals surface area contributed by atoms with Gasteiger partial charge in [0.25, 0.3) is 5.91 Å². The number of halogens is 2. The maximum atomic E-state index is 12.6. The molecule has 2 aromatic carbocycles. The summed E-state index contributed by atoms with van der Waals surface area (Å²) in [5, 5.41) is 17.0. The number of diazo groups is 1. The smallest absolute Gasteiger partial charge is 0.300 e. The van der Waals surface area contributed by atoms with Crippen molar-refractivity contribution in [2.24, 2.45) is 0 Å². The summed E-state index contributed by atoms with van der Waals surface area (Å²) in [6.07, 6.45) is 0. The van der Waals surface area contributed by atoms with Crippen LogP contribution in [0, 0.1) is 12.3 Å². The fourth-order valence-electron chi connectivity index (χ4n) is 2.36. The van der Waals surface area contributed by atoms with Gasteiger partial charge in [-0.15, -0.1) is 0 Å². The molecule has 6 nitrogen and oxygen atoms in total. The fraction of sp³-hybridized carbons (Fsp3) is 0.0588. The van der Waals surface area contributed by atoms with Crippen LogP contribution in [-0.4, -0.2) is 15.7 Å². The van der Waals surface area contributed by atoms with Gasteiger partial charge in [-0.3, -0.25) is 10.1 Å². The van der Waals surface area contributed by atoms with Gasteiger partial charge in [0.2, 0.25) is 11.2 Å². The Balaban J connectivity index is 2.05. The SMILES string of the molecule is Cc1nn(-c2ccccc2)c(NC(=O)c2ccc(Cl)cc2Cl)c1[N+]#N. The number of hydrogen-bond acceptors (Lipinski definition) is 3. The predicted molar refractivity (Wildman–Crippen MR) is 97.5 cm³/mol. The lowest BCUT2D eigenvalue weighted by atomic mass is 10.2. The molecule has 1 N–H and O–H groups in total. The van der Waals surface area contributed by atoms with Gasteiger partial charge in [-0.1, -0.05) is 41.4 Å². The van der Waals surface area contributed by atoms with Crippen LogP contribution in [0.25, 0.3) is 10.7 Å². The Hall–Kier alpha value is -2.88. The maximum absolute atomic E-state index is 12.6. The van der Waals surface area contributed by atoms with Crippen molar-refractivity contribution in [3.05, 3.63) is 74.8 Å². The minimum Gasteiger partial charge on any atom is -0.300 e. The summed E-state index contributed by atoms with van der Waals surface area (Å²) in [7, 11) is 0. The molecule has 25 heavy (non-hydrogen) atoms. The molecule has 1 amide bonds. The summed E-state index contributed by atoms with van der Waals surface area (Å²) in [5.74, 6) is -0.231. The highest BCUT2D eigenvalue weighted by Gasteiger charge is 2.29. The number of hydrogen-bond donors (Lipinski definition) is 1. The molecule has 0 radical (unpaired) electrons. The predicted octanol–water partition coefficient (Wildman–Crippen LogP) is 5.22. The summed E-state index contributed by atoms with van der Waals surface area (Å²) >= 11 is 11.9. The van der Waals surface area contributed by atoms with Crippen LogP contribution in [0.2, 0.25) is 10.0 Å². The molecule has 0 atom stereocenters. The highest BCUT2D eigenvalue weighted by Crippen LogP contribution is 2.32. The number of aryl methyl sites for hydroxylation is 1. The number of benzene rings is 2. The molecule has 1 heterocycles. The molecule has 0 bridgehead atoms. The third kappa shape index (κ3) is 3.33. The minimum atomic E-state index is -0.469. The van der Waals surface area contributed by atoms with Crippen molar-refractivity contribution in [3.63, 3.8) is 0 Å². The standard InChI is InChI=1S/C17H11Cl2N5O/c1-10-15(22-20)16(24(23-10)12-5-3-2-4-6-12)21-17(25)13-8-7-11(18)9-14(13)19/h2-9H,1H3/p+1. The van der Waals surface area contributed by atoms with Crippen LogP contribution in [0.3, 0.4) is 0 Å². The highest BCUT2D eigenvalue weighted by atomic mass is 35.5. The molecular weight excluding hydrogens is 361 g/mol. The van der Waals surface area contributed by atoms with Gasteiger partial charge in [0, 0.05) is 5.02 Å². The van der Waals surface area contributed by atoms with Crippen LogP contribution in [0.5, 0.6) is 0 Å². The van der Waals surface area contributed by atoms with Gasteiger partial charge < -0.3 is 0 Å². The molecule has 124 valence electrons. The van der Waals surface area contributed by atoms with Crippen molar-refractivity contribution in [3.8, 4) is 5.69 Å². The number of anilines is 1. The van der Waals surface area contributed by atoms with E-state index in [-0.39, 0.29) is 22.1 Å². The summed E-state index contributed by atoms with van der Waals surface area (Å²) in [4.78, 5) is 15.9. The van der Waals surface area contributed by atoms with Crippen LogP contribution in [0.4, 0.5) is 11.5 Å².